The van der Waals surface area contributed by atoms with Gasteiger partial charge >= 0.3 is 12.1 Å². The third-order valence-corrected chi connectivity index (χ3v) is 1.82. The van der Waals surface area contributed by atoms with Gasteiger partial charge in [-0.3, -0.25) is 0 Å². The fourth-order valence-corrected chi connectivity index (χ4v) is 1.10. The quantitative estimate of drug-likeness (QED) is 0.692. The van der Waals surface area contributed by atoms with Crippen LogP contribution in [0.15, 0.2) is 0 Å². The van der Waals surface area contributed by atoms with E-state index in [2.05, 4.69) is 0 Å². The highest BCUT2D eigenvalue weighted by molar-refractivity contribution is 5.69. The van der Waals surface area contributed by atoms with Gasteiger partial charge in [0.15, 0.2) is 0 Å². The van der Waals surface area contributed by atoms with Crippen molar-refractivity contribution >= 4 is 12.1 Å². The summed E-state index contributed by atoms with van der Waals surface area (Å²) in [6.45, 7) is 2.58. The van der Waals surface area contributed by atoms with Crippen molar-refractivity contribution in [3.8, 4) is 0 Å². The summed E-state index contributed by atoms with van der Waals surface area (Å²) in [5.74, 6) is -1.00. The molecule has 0 aromatic heterocycles. The Morgan fingerprint density at radius 3 is 2.64 bits per heavy atom. The van der Waals surface area contributed by atoms with Crippen molar-refractivity contribution < 1.29 is 24.2 Å². The lowest BCUT2D eigenvalue weighted by atomic mass is 10.2. The molecule has 0 bridgehead atoms. The molecule has 0 aliphatic carbocycles. The molecule has 1 amide bonds. The minimum atomic E-state index is -1.00. The maximum atomic E-state index is 11.0. The molecule has 0 aromatic carbocycles. The summed E-state index contributed by atoms with van der Waals surface area (Å²) in [5, 5.41) is 8.31. The smallest absolute Gasteiger partial charge is 0.409 e. The van der Waals surface area contributed by atoms with Gasteiger partial charge in [-0.1, -0.05) is 0 Å². The van der Waals surface area contributed by atoms with Crippen LogP contribution in [0.25, 0.3) is 0 Å². The van der Waals surface area contributed by atoms with Crippen LogP contribution in [0.4, 0.5) is 4.79 Å². The summed E-state index contributed by atoms with van der Waals surface area (Å²) in [5.41, 5.74) is 0. The number of nitrogens with zero attached hydrogens (tertiary/aromatic N) is 1. The van der Waals surface area contributed by atoms with E-state index in [0.29, 0.717) is 19.7 Å². The second-order valence-electron chi connectivity index (χ2n) is 2.93. The van der Waals surface area contributed by atoms with Crippen LogP contribution in [0.5, 0.6) is 0 Å². The Morgan fingerprint density at radius 2 is 2.14 bits per heavy atom. The molecule has 1 saturated heterocycles. The molecule has 0 saturated carbocycles. The lowest BCUT2D eigenvalue weighted by Gasteiger charge is -2.37. The van der Waals surface area contributed by atoms with E-state index in [0.717, 1.165) is 0 Å². The Morgan fingerprint density at radius 1 is 1.50 bits per heavy atom. The first-order chi connectivity index (χ1) is 6.63. The van der Waals surface area contributed by atoms with Crippen LogP contribution in [0, 0.1) is 0 Å². The summed E-state index contributed by atoms with van der Waals surface area (Å²) < 4.78 is 9.68. The SMILES string of the molecule is CCOC(=O)N1CC(OCC(=O)O)C1. The molecule has 80 valence electrons. The van der Waals surface area contributed by atoms with E-state index in [9.17, 15) is 9.59 Å². The summed E-state index contributed by atoms with van der Waals surface area (Å²) in [4.78, 5) is 22.6. The van der Waals surface area contributed by atoms with E-state index in [1.165, 1.54) is 4.90 Å². The summed E-state index contributed by atoms with van der Waals surface area (Å²) in [7, 11) is 0. The first kappa shape index (κ1) is 10.8. The number of carboxylic acid groups (broad SMARTS) is 1. The topological polar surface area (TPSA) is 76.1 Å². The number of hydrogen-bond acceptors (Lipinski definition) is 4. The minimum absolute atomic E-state index is 0.171. The van der Waals surface area contributed by atoms with Crippen LogP contribution in [0.3, 0.4) is 0 Å². The van der Waals surface area contributed by atoms with Crippen LogP contribution in [-0.4, -0.2) is 54.5 Å². The molecule has 1 aliphatic rings. The molecule has 14 heavy (non-hydrogen) atoms. The zero-order chi connectivity index (χ0) is 10.6. The summed E-state index contributed by atoms with van der Waals surface area (Å²) >= 11 is 0. The summed E-state index contributed by atoms with van der Waals surface area (Å²) in [6, 6.07) is 0. The zero-order valence-corrected chi connectivity index (χ0v) is 7.93. The molecule has 0 unspecified atom stereocenters. The third-order valence-electron chi connectivity index (χ3n) is 1.82. The van der Waals surface area contributed by atoms with Crippen LogP contribution < -0.4 is 0 Å². The van der Waals surface area contributed by atoms with E-state index >= 15 is 0 Å². The van der Waals surface area contributed by atoms with Crippen molar-refractivity contribution in [1.82, 2.24) is 4.90 Å². The molecular weight excluding hydrogens is 190 g/mol. The monoisotopic (exact) mass is 203 g/mol. The fraction of sp³-hybridized carbons (Fsp3) is 0.750. The number of carbonyl (C=O) groups excluding carboxylic acids is 1. The maximum Gasteiger partial charge on any atom is 0.409 e. The molecule has 6 heteroatoms. The minimum Gasteiger partial charge on any atom is -0.480 e. The van der Waals surface area contributed by atoms with Crippen molar-refractivity contribution in [2.45, 2.75) is 13.0 Å². The molecule has 1 heterocycles. The highest BCUT2D eigenvalue weighted by Gasteiger charge is 2.32. The Balaban J connectivity index is 2.11. The van der Waals surface area contributed by atoms with Crippen LogP contribution in [0.2, 0.25) is 0 Å². The number of likely N-dealkylation sites (tertiary alicyclic amines) is 1. The van der Waals surface area contributed by atoms with E-state index in [-0.39, 0.29) is 18.8 Å². The molecule has 0 spiro atoms. The Kier molecular flexibility index (Phi) is 3.70. The fourth-order valence-electron chi connectivity index (χ4n) is 1.10. The average molecular weight is 203 g/mol. The van der Waals surface area contributed by atoms with Gasteiger partial charge in [0.05, 0.1) is 25.8 Å². The van der Waals surface area contributed by atoms with Gasteiger partial charge in [-0.05, 0) is 6.92 Å². The van der Waals surface area contributed by atoms with Gasteiger partial charge in [0.1, 0.15) is 6.61 Å². The number of ether oxygens (including phenoxy) is 2. The number of hydrogen-bond donors (Lipinski definition) is 1. The largest absolute Gasteiger partial charge is 0.480 e. The van der Waals surface area contributed by atoms with Gasteiger partial charge in [0.2, 0.25) is 0 Å². The number of aliphatic carboxylic acids is 1. The Hall–Kier alpha value is -1.30. The standard InChI is InChI=1S/C8H13NO5/c1-2-13-8(12)9-3-6(4-9)14-5-7(10)11/h6H,2-5H2,1H3,(H,10,11). The molecule has 0 radical (unpaired) electrons. The molecule has 1 rings (SSSR count). The molecule has 1 N–H and O–H groups in total. The Bertz CT molecular complexity index is 224. The van der Waals surface area contributed by atoms with Gasteiger partial charge in [0.25, 0.3) is 0 Å². The van der Waals surface area contributed by atoms with E-state index < -0.39 is 5.97 Å². The van der Waals surface area contributed by atoms with Crippen molar-refractivity contribution in [1.29, 1.82) is 0 Å². The predicted octanol–water partition coefficient (Wildman–Crippen LogP) is -0.0717. The highest BCUT2D eigenvalue weighted by atomic mass is 16.6. The average Bonchev–Trinajstić information content (AvgIpc) is 2.01. The third kappa shape index (κ3) is 2.88. The summed E-state index contributed by atoms with van der Waals surface area (Å²) in [6.07, 6.45) is -0.543. The maximum absolute atomic E-state index is 11.0. The van der Waals surface area contributed by atoms with Crippen molar-refractivity contribution in [3.05, 3.63) is 0 Å². The van der Waals surface area contributed by atoms with E-state index in [4.69, 9.17) is 14.6 Å². The second kappa shape index (κ2) is 4.80. The van der Waals surface area contributed by atoms with Crippen LogP contribution in [-0.2, 0) is 14.3 Å². The molecule has 1 fully saturated rings. The molecule has 6 nitrogen and oxygen atoms in total. The molecule has 1 aliphatic heterocycles. The van der Waals surface area contributed by atoms with E-state index in [1.54, 1.807) is 6.92 Å². The number of rotatable bonds is 4. The zero-order valence-electron chi connectivity index (χ0n) is 7.93. The van der Waals surface area contributed by atoms with Crippen molar-refractivity contribution in [2.75, 3.05) is 26.3 Å². The normalized spacial score (nSPS) is 16.2. The number of amides is 1. The Labute approximate surface area is 81.4 Å². The first-order valence-corrected chi connectivity index (χ1v) is 4.38. The van der Waals surface area contributed by atoms with Crippen molar-refractivity contribution in [2.24, 2.45) is 0 Å². The first-order valence-electron chi connectivity index (χ1n) is 4.38. The second-order valence-corrected chi connectivity index (χ2v) is 2.93. The van der Waals surface area contributed by atoms with Crippen molar-refractivity contribution in [3.63, 3.8) is 0 Å². The van der Waals surface area contributed by atoms with Gasteiger partial charge in [-0.15, -0.1) is 0 Å². The predicted molar refractivity (Wildman–Crippen MR) is 46.0 cm³/mol. The molecule has 0 aromatic rings. The van der Waals surface area contributed by atoms with E-state index in [1.807, 2.05) is 0 Å². The van der Waals surface area contributed by atoms with Crippen LogP contribution in [0.1, 0.15) is 6.92 Å². The van der Waals surface area contributed by atoms with Gasteiger partial charge in [-0.25, -0.2) is 9.59 Å². The molecule has 0 atom stereocenters. The van der Waals surface area contributed by atoms with Gasteiger partial charge in [0, 0.05) is 0 Å². The van der Waals surface area contributed by atoms with Gasteiger partial charge < -0.3 is 19.5 Å². The lowest BCUT2D eigenvalue weighted by Crippen LogP contribution is -2.55. The van der Waals surface area contributed by atoms with Gasteiger partial charge in [-0.2, -0.15) is 0 Å². The lowest BCUT2D eigenvalue weighted by molar-refractivity contribution is -0.147. The molecular formula is C8H13NO5. The number of carbonyl (C=O) groups is 2. The highest BCUT2D eigenvalue weighted by Crippen LogP contribution is 2.12. The van der Waals surface area contributed by atoms with Crippen LogP contribution >= 0.6 is 0 Å². The number of carboxylic acids is 1.